The van der Waals surface area contributed by atoms with Crippen molar-refractivity contribution >= 4 is 5.91 Å². The van der Waals surface area contributed by atoms with Gasteiger partial charge in [-0.05, 0) is 13.3 Å². The summed E-state index contributed by atoms with van der Waals surface area (Å²) in [5.41, 5.74) is 5.61. The van der Waals surface area contributed by atoms with Crippen LogP contribution in [0.5, 0.6) is 0 Å². The standard InChI is InChI=1S/C10H18N2O/c1-4-6-8(3)12-10(13)9(11)7-5-2/h1,8-9H,5-7,11H2,2-3H3,(H,12,13). The fourth-order valence-electron chi connectivity index (χ4n) is 1.02. The average molecular weight is 182 g/mol. The lowest BCUT2D eigenvalue weighted by atomic mass is 10.1. The molecule has 0 saturated carbocycles. The first-order valence-electron chi connectivity index (χ1n) is 4.61. The van der Waals surface area contributed by atoms with Gasteiger partial charge < -0.3 is 11.1 Å². The van der Waals surface area contributed by atoms with Crippen molar-refractivity contribution in [2.24, 2.45) is 5.73 Å². The minimum atomic E-state index is -0.398. The van der Waals surface area contributed by atoms with E-state index >= 15 is 0 Å². The number of terminal acetylenes is 1. The van der Waals surface area contributed by atoms with Gasteiger partial charge in [0.15, 0.2) is 0 Å². The minimum absolute atomic E-state index is 0.0143. The molecule has 1 amide bonds. The predicted octanol–water partition coefficient (Wildman–Crippen LogP) is 0.642. The van der Waals surface area contributed by atoms with Crippen LogP contribution in [0.1, 0.15) is 33.1 Å². The number of nitrogens with two attached hydrogens (primary N) is 1. The fourth-order valence-corrected chi connectivity index (χ4v) is 1.02. The van der Waals surface area contributed by atoms with Crippen LogP contribution in [0, 0.1) is 12.3 Å². The number of rotatable bonds is 5. The Morgan fingerprint density at radius 3 is 2.77 bits per heavy atom. The summed E-state index contributed by atoms with van der Waals surface area (Å²) >= 11 is 0. The third-order valence-corrected chi connectivity index (χ3v) is 1.75. The van der Waals surface area contributed by atoms with Crippen LogP contribution in [0.2, 0.25) is 0 Å². The normalized spacial score (nSPS) is 14.3. The van der Waals surface area contributed by atoms with Gasteiger partial charge in [0.2, 0.25) is 5.91 Å². The molecule has 0 saturated heterocycles. The van der Waals surface area contributed by atoms with Gasteiger partial charge in [0.05, 0.1) is 6.04 Å². The van der Waals surface area contributed by atoms with Crippen LogP contribution in [0.4, 0.5) is 0 Å². The number of hydrogen-bond donors (Lipinski definition) is 2. The van der Waals surface area contributed by atoms with E-state index in [9.17, 15) is 4.79 Å². The van der Waals surface area contributed by atoms with E-state index in [-0.39, 0.29) is 11.9 Å². The Labute approximate surface area is 80.1 Å². The highest BCUT2D eigenvalue weighted by Gasteiger charge is 2.13. The molecule has 3 nitrogen and oxygen atoms in total. The van der Waals surface area contributed by atoms with E-state index in [1.165, 1.54) is 0 Å². The van der Waals surface area contributed by atoms with Crippen molar-refractivity contribution < 1.29 is 4.79 Å². The van der Waals surface area contributed by atoms with Crippen LogP contribution in [0.25, 0.3) is 0 Å². The molecule has 0 aromatic carbocycles. The lowest BCUT2D eigenvalue weighted by Crippen LogP contribution is -2.44. The number of amides is 1. The third-order valence-electron chi connectivity index (χ3n) is 1.75. The minimum Gasteiger partial charge on any atom is -0.351 e. The molecule has 2 unspecified atom stereocenters. The summed E-state index contributed by atoms with van der Waals surface area (Å²) in [6.45, 7) is 3.87. The van der Waals surface area contributed by atoms with Crippen molar-refractivity contribution in [3.63, 3.8) is 0 Å². The van der Waals surface area contributed by atoms with Gasteiger partial charge in [0, 0.05) is 12.5 Å². The maximum absolute atomic E-state index is 11.3. The number of hydrogen-bond acceptors (Lipinski definition) is 2. The summed E-state index contributed by atoms with van der Waals surface area (Å²) in [6, 6.07) is -0.384. The molecule has 0 radical (unpaired) electrons. The highest BCUT2D eigenvalue weighted by Crippen LogP contribution is 1.95. The molecular formula is C10H18N2O. The molecule has 0 rings (SSSR count). The van der Waals surface area contributed by atoms with Gasteiger partial charge in [-0.15, -0.1) is 12.3 Å². The second-order valence-electron chi connectivity index (χ2n) is 3.21. The Morgan fingerprint density at radius 1 is 1.69 bits per heavy atom. The number of carbonyl (C=O) groups excluding carboxylic acids is 1. The molecule has 13 heavy (non-hydrogen) atoms. The Morgan fingerprint density at radius 2 is 2.31 bits per heavy atom. The molecular weight excluding hydrogens is 164 g/mol. The molecule has 0 aliphatic carbocycles. The van der Waals surface area contributed by atoms with Crippen molar-refractivity contribution in [3.8, 4) is 12.3 Å². The fraction of sp³-hybridized carbons (Fsp3) is 0.700. The van der Waals surface area contributed by atoms with Crippen LogP contribution in [0.3, 0.4) is 0 Å². The maximum atomic E-state index is 11.3. The van der Waals surface area contributed by atoms with Crippen molar-refractivity contribution in [1.29, 1.82) is 0 Å². The number of carbonyl (C=O) groups is 1. The lowest BCUT2D eigenvalue weighted by molar-refractivity contribution is -0.123. The predicted molar refractivity (Wildman–Crippen MR) is 53.9 cm³/mol. The van der Waals surface area contributed by atoms with Crippen LogP contribution in [0.15, 0.2) is 0 Å². The molecule has 74 valence electrons. The molecule has 0 heterocycles. The second-order valence-corrected chi connectivity index (χ2v) is 3.21. The SMILES string of the molecule is C#CCC(C)NC(=O)C(N)CCC. The molecule has 0 aromatic rings. The summed E-state index contributed by atoms with van der Waals surface area (Å²) in [7, 11) is 0. The molecule has 3 heteroatoms. The van der Waals surface area contributed by atoms with Gasteiger partial charge >= 0.3 is 0 Å². The summed E-state index contributed by atoms with van der Waals surface area (Å²) in [6.07, 6.45) is 7.29. The first-order valence-corrected chi connectivity index (χ1v) is 4.61. The zero-order chi connectivity index (χ0) is 10.3. The third kappa shape index (κ3) is 5.26. The Balaban J connectivity index is 3.79. The van der Waals surface area contributed by atoms with Crippen LogP contribution >= 0.6 is 0 Å². The molecule has 0 fully saturated rings. The van der Waals surface area contributed by atoms with E-state index in [4.69, 9.17) is 12.2 Å². The molecule has 0 bridgehead atoms. The zero-order valence-electron chi connectivity index (χ0n) is 8.34. The largest absolute Gasteiger partial charge is 0.351 e. The van der Waals surface area contributed by atoms with E-state index < -0.39 is 6.04 Å². The smallest absolute Gasteiger partial charge is 0.237 e. The Hall–Kier alpha value is -1.01. The van der Waals surface area contributed by atoms with Crippen molar-refractivity contribution in [3.05, 3.63) is 0 Å². The van der Waals surface area contributed by atoms with Crippen LogP contribution < -0.4 is 11.1 Å². The summed E-state index contributed by atoms with van der Waals surface area (Å²) in [5, 5.41) is 2.76. The number of nitrogens with one attached hydrogen (secondary N) is 1. The van der Waals surface area contributed by atoms with Crippen LogP contribution in [-0.4, -0.2) is 18.0 Å². The molecule has 0 aliphatic heterocycles. The topological polar surface area (TPSA) is 55.1 Å². The first-order chi connectivity index (χ1) is 6.11. The highest BCUT2D eigenvalue weighted by molar-refractivity contribution is 5.81. The molecule has 0 aromatic heterocycles. The van der Waals surface area contributed by atoms with E-state index in [0.29, 0.717) is 12.8 Å². The van der Waals surface area contributed by atoms with E-state index in [0.717, 1.165) is 6.42 Å². The summed E-state index contributed by atoms with van der Waals surface area (Å²) < 4.78 is 0. The van der Waals surface area contributed by atoms with Crippen LogP contribution in [-0.2, 0) is 4.79 Å². The average Bonchev–Trinajstić information content (AvgIpc) is 2.05. The van der Waals surface area contributed by atoms with E-state index in [1.807, 2.05) is 13.8 Å². The van der Waals surface area contributed by atoms with Gasteiger partial charge in [-0.3, -0.25) is 4.79 Å². The van der Waals surface area contributed by atoms with Crippen molar-refractivity contribution in [2.45, 2.75) is 45.2 Å². The maximum Gasteiger partial charge on any atom is 0.237 e. The molecule has 2 atom stereocenters. The van der Waals surface area contributed by atoms with Gasteiger partial charge in [-0.25, -0.2) is 0 Å². The van der Waals surface area contributed by atoms with E-state index in [1.54, 1.807) is 0 Å². The summed E-state index contributed by atoms with van der Waals surface area (Å²) in [5.74, 6) is 2.38. The monoisotopic (exact) mass is 182 g/mol. The highest BCUT2D eigenvalue weighted by atomic mass is 16.2. The van der Waals surface area contributed by atoms with Gasteiger partial charge in [-0.1, -0.05) is 13.3 Å². The van der Waals surface area contributed by atoms with E-state index in [2.05, 4.69) is 11.2 Å². The zero-order valence-corrected chi connectivity index (χ0v) is 8.34. The molecule has 0 aliphatic rings. The Bertz CT molecular complexity index is 196. The van der Waals surface area contributed by atoms with Crippen molar-refractivity contribution in [1.82, 2.24) is 5.32 Å². The molecule has 3 N–H and O–H groups in total. The quantitative estimate of drug-likeness (QED) is 0.613. The van der Waals surface area contributed by atoms with Crippen molar-refractivity contribution in [2.75, 3.05) is 0 Å². The Kier molecular flexibility index (Phi) is 5.99. The first kappa shape index (κ1) is 12.0. The van der Waals surface area contributed by atoms with Gasteiger partial charge in [-0.2, -0.15) is 0 Å². The molecule has 0 spiro atoms. The second kappa shape index (κ2) is 6.50. The summed E-state index contributed by atoms with van der Waals surface area (Å²) in [4.78, 5) is 11.3. The lowest BCUT2D eigenvalue weighted by Gasteiger charge is -2.15. The van der Waals surface area contributed by atoms with Gasteiger partial charge in [0.1, 0.15) is 0 Å². The van der Waals surface area contributed by atoms with Gasteiger partial charge in [0.25, 0.3) is 0 Å².